The Bertz CT molecular complexity index is 2780. The molecule has 600 valence electrons. The van der Waals surface area contributed by atoms with Crippen LogP contribution in [0.25, 0.3) is 0 Å². The van der Waals surface area contributed by atoms with Crippen molar-refractivity contribution in [3.63, 3.8) is 0 Å². The lowest BCUT2D eigenvalue weighted by Crippen LogP contribution is -2.68. The second-order valence-electron chi connectivity index (χ2n) is 26.1. The van der Waals surface area contributed by atoms with Crippen molar-refractivity contribution in [3.05, 3.63) is 71.8 Å². The molecule has 23 rings (SSSR count). The molecule has 0 radical (unpaired) electrons. The van der Waals surface area contributed by atoms with Crippen LogP contribution in [-0.2, 0) is 97.6 Å². The van der Waals surface area contributed by atoms with Gasteiger partial charge in [0.05, 0.1) is 59.5 Å². The molecule has 0 spiro atoms. The number of nitrogens with zero attached hydrogens (tertiary/aromatic N) is 2. The summed E-state index contributed by atoms with van der Waals surface area (Å²) in [5.74, 6) is 0. The highest BCUT2D eigenvalue weighted by Crippen LogP contribution is 2.47. The van der Waals surface area contributed by atoms with Crippen LogP contribution in [0.15, 0.2) is 60.7 Å². The lowest BCUT2D eigenvalue weighted by Gasteiger charge is -2.50. The van der Waals surface area contributed by atoms with Gasteiger partial charge in [0.25, 0.3) is 17.1 Å². The first-order valence-electron chi connectivity index (χ1n) is 34.9. The fourth-order valence-electron chi connectivity index (χ4n) is 13.4. The molecule has 21 saturated heterocycles. The number of ether oxygens (including phenoxy) is 14. The molecule has 19 N–H and O–H groups in total. The third-order valence-electron chi connectivity index (χ3n) is 19.4. The molecule has 0 aliphatic carbocycles. The van der Waals surface area contributed by atoms with Crippen LogP contribution in [0.3, 0.4) is 0 Å². The molecule has 21 aliphatic heterocycles. The summed E-state index contributed by atoms with van der Waals surface area (Å²) < 4.78 is 114. The molecule has 2 unspecified atom stereocenters. The monoisotopic (exact) mass is 1550 g/mol. The average Bonchev–Trinajstić information content (AvgIpc) is 0.801. The smallest absolute Gasteiger partial charge is 0.259 e. The van der Waals surface area contributed by atoms with E-state index in [9.17, 15) is 97.0 Å². The van der Waals surface area contributed by atoms with Gasteiger partial charge in [-0.25, -0.2) is 9.34 Å². The van der Waals surface area contributed by atoms with E-state index in [4.69, 9.17) is 84.4 Å². The van der Waals surface area contributed by atoms with Crippen LogP contribution in [0.5, 0.6) is 0 Å². The Labute approximate surface area is 606 Å². The third kappa shape index (κ3) is 19.5. The Hall–Kier alpha value is -2.26. The summed E-state index contributed by atoms with van der Waals surface area (Å²) in [4.78, 5) is 0. The zero-order valence-electron chi connectivity index (χ0n) is 57.8. The normalized spacial score (nSPS) is 44.4. The summed E-state index contributed by atoms with van der Waals surface area (Å²) >= 11 is 0. The van der Waals surface area contributed by atoms with Gasteiger partial charge in [-0.3, -0.25) is 0 Å². The zero-order chi connectivity index (χ0) is 75.7. The van der Waals surface area contributed by atoms with Gasteiger partial charge >= 0.3 is 0 Å². The van der Waals surface area contributed by atoms with Gasteiger partial charge in [0.15, 0.2) is 44.0 Å². The van der Waals surface area contributed by atoms with Crippen molar-refractivity contribution < 1.29 is 181 Å². The molecule has 21 heterocycles. The predicted molar refractivity (Wildman–Crippen MR) is 348 cm³/mol. The largest absolute Gasteiger partial charge is 0.394 e. The lowest BCUT2D eigenvalue weighted by atomic mass is 9.95. The fourth-order valence-corrected chi connectivity index (χ4v) is 16.2. The Morgan fingerprint density at radius 1 is 0.267 bits per heavy atom. The van der Waals surface area contributed by atoms with E-state index in [0.29, 0.717) is 26.2 Å². The molecule has 2 aromatic rings. The first-order chi connectivity index (χ1) is 50.5. The molecular formula is C64H102N2O37P2. The molecule has 2 aromatic carbocycles. The van der Waals surface area contributed by atoms with Gasteiger partial charge in [0.2, 0.25) is 0 Å². The Kier molecular flexibility index (Phi) is 32.0. The van der Waals surface area contributed by atoms with Gasteiger partial charge < -0.3 is 181 Å². The van der Waals surface area contributed by atoms with Crippen LogP contribution >= 0.6 is 17.1 Å². The van der Waals surface area contributed by atoms with Crippen molar-refractivity contribution >= 4 is 17.1 Å². The molecule has 0 aromatic heterocycles. The molecule has 37 atom stereocenters. The highest BCUT2D eigenvalue weighted by atomic mass is 31.2. The van der Waals surface area contributed by atoms with Crippen LogP contribution in [0.2, 0.25) is 0 Å². The number of aliphatic hydroxyl groups excluding tert-OH is 19. The van der Waals surface area contributed by atoms with Crippen molar-refractivity contribution in [2.24, 2.45) is 0 Å². The summed E-state index contributed by atoms with van der Waals surface area (Å²) in [5.41, 5.74) is 1.53. The van der Waals surface area contributed by atoms with Crippen LogP contribution in [0.4, 0.5) is 0 Å². The zero-order valence-corrected chi connectivity index (χ0v) is 59.6. The van der Waals surface area contributed by atoms with Crippen molar-refractivity contribution in [1.29, 1.82) is 0 Å². The first-order valence-corrected chi connectivity index (χ1v) is 37.2. The van der Waals surface area contributed by atoms with Crippen LogP contribution in [-0.4, -0.2) is 394 Å². The summed E-state index contributed by atoms with van der Waals surface area (Å²) in [6, 6.07) is 18.2. The van der Waals surface area contributed by atoms with E-state index < -0.39 is 278 Å². The topological polar surface area (TPSA) is 557 Å². The second-order valence-corrected chi connectivity index (χ2v) is 29.3. The molecule has 21 aliphatic rings. The summed E-state index contributed by atoms with van der Waals surface area (Å²) in [7, 11) is -4.07. The number of rotatable bonds is 23. The maximum Gasteiger partial charge on any atom is 0.259 e. The molecule has 0 amide bonds. The van der Waals surface area contributed by atoms with E-state index in [0.717, 1.165) is 11.1 Å². The van der Waals surface area contributed by atoms with Crippen molar-refractivity contribution in [2.45, 2.75) is 256 Å². The summed E-state index contributed by atoms with van der Waals surface area (Å²) in [5, 5.41) is 220. The SMILES string of the molecule is CCN(CC)P(OCc1ccccc1)OC[C@H]1O[C@@H]2O[C@H]3[C@H](O)[C@@H](O)[C@@H](O[C@H]4[C@H](O)[C@@H](O)[C@@H](O[C@H]5[C@H](O)[C@@H](O)[C@@H](O[C@H]6[C@H](O)[C@@H](O)[C@@H](O[C@H]7[C@H](O)[C@@H](O)[C@@H](O[C@H]8[C@H](O)[C@@H](O)[C@@H](O[C@H]1[C@H](O)[C@H]2O)O[C@@H]8CO)O[C@@H]7CO)O[C@@H]6CO)O[C@@H]5CO)O[C@@H]4CO)O[C@@H]3COP(OCc1ccccc1)N(CC)CC. The van der Waals surface area contributed by atoms with E-state index in [-0.39, 0.29) is 13.2 Å². The lowest BCUT2D eigenvalue weighted by molar-refractivity contribution is -0.396. The van der Waals surface area contributed by atoms with Crippen LogP contribution in [0.1, 0.15) is 38.8 Å². The molecule has 105 heavy (non-hydrogen) atoms. The Balaban J connectivity index is 0.999. The van der Waals surface area contributed by atoms with Gasteiger partial charge in [0, 0.05) is 26.2 Å². The maximum atomic E-state index is 12.4. The van der Waals surface area contributed by atoms with E-state index in [2.05, 4.69) is 0 Å². The number of hydrogen-bond acceptors (Lipinski definition) is 39. The fraction of sp³-hybridized carbons (Fsp3) is 0.812. The molecule has 21 fully saturated rings. The summed E-state index contributed by atoms with van der Waals surface area (Å²) in [6.45, 7) is 2.51. The van der Waals surface area contributed by atoms with Crippen molar-refractivity contribution in [3.8, 4) is 0 Å². The number of aliphatic hydroxyl groups is 19. The van der Waals surface area contributed by atoms with Gasteiger partial charge in [-0.1, -0.05) is 88.4 Å². The second kappa shape index (κ2) is 39.5. The Morgan fingerprint density at radius 2 is 0.457 bits per heavy atom. The standard InChI is InChI=1S/C64H102N2O37P2/c1-5-65(6-2)104(86-24-28-15-11-9-12-16-28)88-26-35-56-43(78)50(85)64(96-35)103-57-36(27-89-105(66(7-3)8-4)87-25-29-17-13-10-14-18-29)95-63(49(84)42(57)77)101-55-34(23-71)93-61(47(82)40(55)75)99-53-32(21-69)91-59(45(80)38(53)73)97-51-30(19-67)90-58(44(79)37(51)72)98-52-31(20-68)92-60(46(81)39(52)74)100-54-33(22-70)94-62(102-56)48(83)41(54)76/h9-18,30-64,67-85H,5-8,19-27H2,1-4H3/t30-,31-,32-,33-,34-,35-,36-,37-,38-,39-,40-,41-,42-,43-,44-,45-,46-,47-,48-,49-,50-,51-,52-,53-,54-,55-,56-,57-,58-,59-,60-,61-,62-,63-,64-,104?,105?/m1/s1. The van der Waals surface area contributed by atoms with Gasteiger partial charge in [0.1, 0.15) is 171 Å². The highest BCUT2D eigenvalue weighted by Gasteiger charge is 2.60. The first kappa shape index (κ1) is 85.2. The molecule has 41 heteroatoms. The van der Waals surface area contributed by atoms with Gasteiger partial charge in [-0.2, -0.15) is 0 Å². The minimum atomic E-state index is -2.24. The molecule has 39 nitrogen and oxygen atoms in total. The number of hydrogen-bond donors (Lipinski definition) is 19. The quantitative estimate of drug-likeness (QED) is 0.0460. The van der Waals surface area contributed by atoms with Crippen molar-refractivity contribution in [1.82, 2.24) is 9.34 Å². The van der Waals surface area contributed by atoms with Crippen molar-refractivity contribution in [2.75, 3.05) is 72.4 Å². The predicted octanol–water partition coefficient (Wildman–Crippen LogP) is -7.61. The average molecular weight is 1550 g/mol. The van der Waals surface area contributed by atoms with Gasteiger partial charge in [-0.15, -0.1) is 0 Å². The molecule has 0 saturated carbocycles. The van der Waals surface area contributed by atoms with Crippen LogP contribution < -0.4 is 0 Å². The third-order valence-corrected chi connectivity index (χ3v) is 22.9. The Morgan fingerprint density at radius 3 is 0.648 bits per heavy atom. The highest BCUT2D eigenvalue weighted by molar-refractivity contribution is 7.44. The molecular weight excluding hydrogens is 1450 g/mol. The van der Waals surface area contributed by atoms with E-state index in [1.54, 1.807) is 0 Å². The van der Waals surface area contributed by atoms with E-state index >= 15 is 0 Å². The van der Waals surface area contributed by atoms with E-state index in [1.165, 1.54) is 0 Å². The minimum absolute atomic E-state index is 0.0447. The van der Waals surface area contributed by atoms with E-state index in [1.807, 2.05) is 97.7 Å². The van der Waals surface area contributed by atoms with Gasteiger partial charge in [-0.05, 0) is 11.1 Å². The minimum Gasteiger partial charge on any atom is -0.394 e. The number of benzene rings is 2. The maximum absolute atomic E-state index is 12.4. The van der Waals surface area contributed by atoms with Crippen LogP contribution in [0, 0.1) is 0 Å². The summed E-state index contributed by atoms with van der Waals surface area (Å²) in [6.07, 6.45) is -70.9. The molecule has 14 bridgehead atoms.